The number of nitrogens with one attached hydrogen (secondary N) is 1. The number of sulfonamides is 1. The highest BCUT2D eigenvalue weighted by atomic mass is 35.5. The molecule has 0 unspecified atom stereocenters. The van der Waals surface area contributed by atoms with Gasteiger partial charge < -0.3 is 10.2 Å². The summed E-state index contributed by atoms with van der Waals surface area (Å²) in [6.07, 6.45) is 1.65. The van der Waals surface area contributed by atoms with E-state index in [9.17, 15) is 18.0 Å². The number of anilines is 2. The summed E-state index contributed by atoms with van der Waals surface area (Å²) in [5.74, 6) is -0.818. The van der Waals surface area contributed by atoms with Crippen molar-refractivity contribution in [3.63, 3.8) is 0 Å². The molecule has 2 aromatic rings. The predicted octanol–water partition coefficient (Wildman–Crippen LogP) is 3.29. The molecule has 2 rings (SSSR count). The van der Waals surface area contributed by atoms with Crippen LogP contribution >= 0.6 is 11.6 Å². The molecule has 2 aromatic carbocycles. The van der Waals surface area contributed by atoms with Gasteiger partial charge in [-0.3, -0.25) is 13.9 Å². The van der Waals surface area contributed by atoms with Gasteiger partial charge in [0.25, 0.3) is 0 Å². The molecule has 2 amide bonds. The molecule has 0 fully saturated rings. The van der Waals surface area contributed by atoms with Gasteiger partial charge in [0.15, 0.2) is 0 Å². The summed E-state index contributed by atoms with van der Waals surface area (Å²) >= 11 is 5.98. The maximum absolute atomic E-state index is 12.9. The normalized spacial score (nSPS) is 11.1. The highest BCUT2D eigenvalue weighted by Crippen LogP contribution is 2.22. The lowest BCUT2D eigenvalue weighted by atomic mass is 10.2. The van der Waals surface area contributed by atoms with Crippen molar-refractivity contribution in [3.8, 4) is 0 Å². The molecular formula is C21H26ClN3O4S. The SMILES string of the molecule is CCCN(CC(=O)Nc1ccccc1C)C(=O)CN(c1cccc(Cl)c1)S(C)(=O)=O. The third-order valence-corrected chi connectivity index (χ3v) is 5.75. The number of nitrogens with zero attached hydrogens (tertiary/aromatic N) is 2. The van der Waals surface area contributed by atoms with Gasteiger partial charge in [0.1, 0.15) is 6.54 Å². The van der Waals surface area contributed by atoms with Gasteiger partial charge in [-0.1, -0.05) is 42.8 Å². The molecule has 0 aliphatic rings. The molecule has 0 radical (unpaired) electrons. The Labute approximate surface area is 182 Å². The summed E-state index contributed by atoms with van der Waals surface area (Å²) in [5, 5.41) is 3.15. The second-order valence-corrected chi connectivity index (χ2v) is 9.27. The molecule has 0 saturated heterocycles. The first-order valence-corrected chi connectivity index (χ1v) is 11.7. The van der Waals surface area contributed by atoms with Crippen LogP contribution in [0.5, 0.6) is 0 Å². The Kier molecular flexibility index (Phi) is 8.25. The Bertz CT molecular complexity index is 1010. The van der Waals surface area contributed by atoms with Gasteiger partial charge in [-0.15, -0.1) is 0 Å². The number of benzene rings is 2. The van der Waals surface area contributed by atoms with Gasteiger partial charge in [0.2, 0.25) is 21.8 Å². The van der Waals surface area contributed by atoms with E-state index in [1.807, 2.05) is 32.0 Å². The Morgan fingerprint density at radius 2 is 1.77 bits per heavy atom. The van der Waals surface area contributed by atoms with Crippen molar-refractivity contribution in [2.75, 3.05) is 35.5 Å². The first-order valence-electron chi connectivity index (χ1n) is 9.48. The second-order valence-electron chi connectivity index (χ2n) is 6.93. The lowest BCUT2D eigenvalue weighted by Crippen LogP contribution is -2.45. The zero-order valence-electron chi connectivity index (χ0n) is 17.3. The molecule has 0 aliphatic carbocycles. The number of hydrogen-bond donors (Lipinski definition) is 1. The van der Waals surface area contributed by atoms with E-state index in [0.717, 1.165) is 16.1 Å². The molecule has 0 saturated carbocycles. The van der Waals surface area contributed by atoms with E-state index in [1.54, 1.807) is 24.3 Å². The van der Waals surface area contributed by atoms with E-state index in [-0.39, 0.29) is 12.5 Å². The molecule has 1 N–H and O–H groups in total. The van der Waals surface area contributed by atoms with E-state index >= 15 is 0 Å². The Morgan fingerprint density at radius 3 is 2.37 bits per heavy atom. The number of hydrogen-bond acceptors (Lipinski definition) is 4. The molecule has 30 heavy (non-hydrogen) atoms. The number of carbonyl (C=O) groups excluding carboxylic acids is 2. The summed E-state index contributed by atoms with van der Waals surface area (Å²) in [5.41, 5.74) is 1.87. The largest absolute Gasteiger partial charge is 0.332 e. The van der Waals surface area contributed by atoms with Crippen LogP contribution in [0.15, 0.2) is 48.5 Å². The summed E-state index contributed by atoms with van der Waals surface area (Å²) in [4.78, 5) is 26.8. The van der Waals surface area contributed by atoms with Crippen LogP contribution in [0.25, 0.3) is 0 Å². The van der Waals surface area contributed by atoms with E-state index in [4.69, 9.17) is 11.6 Å². The molecule has 0 aliphatic heterocycles. The van der Waals surface area contributed by atoms with E-state index in [2.05, 4.69) is 5.32 Å². The number of halogens is 1. The fraction of sp³-hybridized carbons (Fsp3) is 0.333. The molecule has 7 nitrogen and oxygen atoms in total. The lowest BCUT2D eigenvalue weighted by molar-refractivity contribution is -0.133. The Hall–Kier alpha value is -2.58. The number of rotatable bonds is 9. The zero-order valence-corrected chi connectivity index (χ0v) is 18.8. The van der Waals surface area contributed by atoms with Crippen LogP contribution in [-0.4, -0.2) is 51.0 Å². The summed E-state index contributed by atoms with van der Waals surface area (Å²) in [7, 11) is -3.73. The van der Waals surface area contributed by atoms with Gasteiger partial charge in [0, 0.05) is 17.3 Å². The van der Waals surface area contributed by atoms with Crippen LogP contribution in [-0.2, 0) is 19.6 Å². The van der Waals surface area contributed by atoms with E-state index in [1.165, 1.54) is 11.0 Å². The van der Waals surface area contributed by atoms with Crippen molar-refractivity contribution in [3.05, 3.63) is 59.1 Å². The predicted molar refractivity (Wildman–Crippen MR) is 120 cm³/mol. The quantitative estimate of drug-likeness (QED) is 0.633. The minimum absolute atomic E-state index is 0.172. The first-order chi connectivity index (χ1) is 14.1. The third kappa shape index (κ3) is 6.74. The number of aryl methyl sites for hydroxylation is 1. The zero-order chi connectivity index (χ0) is 22.3. The number of amides is 2. The van der Waals surface area contributed by atoms with Crippen molar-refractivity contribution in [2.24, 2.45) is 0 Å². The van der Waals surface area contributed by atoms with Gasteiger partial charge in [-0.2, -0.15) is 0 Å². The van der Waals surface area contributed by atoms with Gasteiger partial charge in [-0.05, 0) is 43.2 Å². The average Bonchev–Trinajstić information content (AvgIpc) is 2.66. The lowest BCUT2D eigenvalue weighted by Gasteiger charge is -2.27. The average molecular weight is 452 g/mol. The minimum atomic E-state index is -3.73. The monoisotopic (exact) mass is 451 g/mol. The van der Waals surface area contributed by atoms with Crippen LogP contribution in [0.4, 0.5) is 11.4 Å². The topological polar surface area (TPSA) is 86.8 Å². The number of para-hydroxylation sites is 1. The van der Waals surface area contributed by atoms with Crippen LogP contribution < -0.4 is 9.62 Å². The van der Waals surface area contributed by atoms with E-state index < -0.39 is 22.5 Å². The smallest absolute Gasteiger partial charge is 0.244 e. The van der Waals surface area contributed by atoms with Crippen LogP contribution in [0.3, 0.4) is 0 Å². The summed E-state index contributed by atoms with van der Waals surface area (Å²) in [6.45, 7) is 3.49. The van der Waals surface area contributed by atoms with Gasteiger partial charge in [0.05, 0.1) is 18.5 Å². The molecule has 0 atom stereocenters. The number of carbonyl (C=O) groups is 2. The molecule has 0 heterocycles. The van der Waals surface area contributed by atoms with Crippen molar-refractivity contribution in [1.82, 2.24) is 4.90 Å². The van der Waals surface area contributed by atoms with Gasteiger partial charge >= 0.3 is 0 Å². The maximum atomic E-state index is 12.9. The summed E-state index contributed by atoms with van der Waals surface area (Å²) in [6, 6.07) is 13.6. The Balaban J connectivity index is 2.16. The molecule has 9 heteroatoms. The standard InChI is InChI=1S/C21H26ClN3O4S/c1-4-12-24(14-20(26)23-19-11-6-5-8-16(19)2)21(27)15-25(30(3,28)29)18-10-7-9-17(22)13-18/h5-11,13H,4,12,14-15H2,1-3H3,(H,23,26). The van der Waals surface area contributed by atoms with Crippen LogP contribution in [0.2, 0.25) is 5.02 Å². The van der Waals surface area contributed by atoms with E-state index in [0.29, 0.717) is 29.4 Å². The molecule has 162 valence electrons. The molecular weight excluding hydrogens is 426 g/mol. The molecule has 0 aromatic heterocycles. The Morgan fingerprint density at radius 1 is 1.07 bits per heavy atom. The highest BCUT2D eigenvalue weighted by Gasteiger charge is 2.25. The third-order valence-electron chi connectivity index (χ3n) is 4.38. The van der Waals surface area contributed by atoms with Crippen molar-refractivity contribution < 1.29 is 18.0 Å². The highest BCUT2D eigenvalue weighted by molar-refractivity contribution is 7.92. The van der Waals surface area contributed by atoms with Crippen molar-refractivity contribution in [2.45, 2.75) is 20.3 Å². The first kappa shape index (κ1) is 23.7. The van der Waals surface area contributed by atoms with Crippen molar-refractivity contribution in [1.29, 1.82) is 0 Å². The summed E-state index contributed by atoms with van der Waals surface area (Å²) < 4.78 is 25.6. The second kappa shape index (κ2) is 10.4. The fourth-order valence-electron chi connectivity index (χ4n) is 2.89. The van der Waals surface area contributed by atoms with Crippen molar-refractivity contribution >= 4 is 44.8 Å². The van der Waals surface area contributed by atoms with Gasteiger partial charge in [-0.25, -0.2) is 8.42 Å². The fourth-order valence-corrected chi connectivity index (χ4v) is 3.92. The minimum Gasteiger partial charge on any atom is -0.332 e. The van der Waals surface area contributed by atoms with Crippen LogP contribution in [0, 0.1) is 6.92 Å². The maximum Gasteiger partial charge on any atom is 0.244 e. The molecule has 0 spiro atoms. The van der Waals surface area contributed by atoms with Crippen LogP contribution in [0.1, 0.15) is 18.9 Å². The molecule has 0 bridgehead atoms.